The molecule has 1 N–H and O–H groups in total. The molecular weight excluding hydrogens is 504 g/mol. The van der Waals surface area contributed by atoms with Crippen molar-refractivity contribution < 1.29 is 26.0 Å². The van der Waals surface area contributed by atoms with Crippen LogP contribution in [0.1, 0.15) is 125 Å². The Labute approximate surface area is 209 Å². The van der Waals surface area contributed by atoms with Gasteiger partial charge in [0, 0.05) is 17.8 Å². The fraction of sp³-hybridized carbons (Fsp3) is 0.731. The fourth-order valence-corrected chi connectivity index (χ4v) is 5.10. The van der Waals surface area contributed by atoms with Gasteiger partial charge in [0.2, 0.25) is 0 Å². The normalized spacial score (nSPS) is 20.4. The van der Waals surface area contributed by atoms with Crippen LogP contribution in [0.5, 0.6) is 5.75 Å². The van der Waals surface area contributed by atoms with E-state index in [2.05, 4.69) is 19.1 Å². The van der Waals surface area contributed by atoms with E-state index < -0.39 is 20.8 Å². The number of phenolic OH excluding ortho intramolecular Hbond substituents is 1. The molecule has 2 fully saturated rings. The average Bonchev–Trinajstić information content (AvgIpc) is 2.76. The summed E-state index contributed by atoms with van der Waals surface area (Å²) in [6.45, 7) is 2.10. The van der Waals surface area contributed by atoms with Crippen molar-refractivity contribution in [3.05, 3.63) is 28.8 Å². The van der Waals surface area contributed by atoms with Gasteiger partial charge in [0.15, 0.2) is 0 Å². The summed E-state index contributed by atoms with van der Waals surface area (Å²) in [6.07, 6.45) is 23.1. The molecule has 2 saturated carbocycles. The topological polar surface area (TPSA) is 32.6 Å². The molecule has 0 spiro atoms. The van der Waals surface area contributed by atoms with Gasteiger partial charge in [-0.15, -0.1) is 0 Å². The van der Waals surface area contributed by atoms with Crippen molar-refractivity contribution in [2.75, 3.05) is 0 Å². The summed E-state index contributed by atoms with van der Waals surface area (Å²) in [5.74, 6) is 1.01. The number of phenols is 1. The predicted octanol–water partition coefficient (Wildman–Crippen LogP) is 9.22. The molecule has 1 aromatic rings. The Kier molecular flexibility index (Phi) is 14.8. The molecule has 0 aliphatic heterocycles. The Morgan fingerprint density at radius 3 is 1.81 bits per heavy atom. The van der Waals surface area contributed by atoms with Crippen LogP contribution in [0.4, 0.5) is 0 Å². The Balaban J connectivity index is 0.00000107. The molecule has 0 saturated heterocycles. The van der Waals surface area contributed by atoms with Crippen molar-refractivity contribution in [3.8, 4) is 5.75 Å². The summed E-state index contributed by atoms with van der Waals surface area (Å²) in [7, 11) is 9.87. The molecule has 2 nitrogen and oxygen atoms in total. The van der Waals surface area contributed by atoms with Crippen LogP contribution in [-0.4, -0.2) is 17.4 Å². The zero-order valence-corrected chi connectivity index (χ0v) is 23.3. The average molecular weight is 546 g/mol. The molecule has 0 atom stereocenters. The molecule has 31 heavy (non-hydrogen) atoms. The van der Waals surface area contributed by atoms with Crippen molar-refractivity contribution in [1.29, 1.82) is 0 Å². The van der Waals surface area contributed by atoms with Crippen LogP contribution < -0.4 is 0 Å². The molecule has 5 heteroatoms. The first-order valence-electron chi connectivity index (χ1n) is 12.5. The SMILES string of the molecule is Cc1ccc(C2CCCCCCCCCCC2)c(O)c1C=NC1CCCCC1.[Cl][Zr][Cl]. The van der Waals surface area contributed by atoms with E-state index >= 15 is 0 Å². The van der Waals surface area contributed by atoms with Gasteiger partial charge in [-0.1, -0.05) is 89.2 Å². The monoisotopic (exact) mass is 543 g/mol. The van der Waals surface area contributed by atoms with Crippen molar-refractivity contribution in [2.45, 2.75) is 122 Å². The van der Waals surface area contributed by atoms with Crippen molar-refractivity contribution >= 4 is 23.2 Å². The summed E-state index contributed by atoms with van der Waals surface area (Å²) in [5, 5.41) is 11.1. The molecule has 2 aliphatic carbocycles. The fourth-order valence-electron chi connectivity index (χ4n) is 5.10. The maximum atomic E-state index is 11.1. The van der Waals surface area contributed by atoms with E-state index in [1.54, 1.807) is 0 Å². The van der Waals surface area contributed by atoms with Crippen LogP contribution in [0.2, 0.25) is 0 Å². The second-order valence-electron chi connectivity index (χ2n) is 9.33. The van der Waals surface area contributed by atoms with Gasteiger partial charge in [-0.25, -0.2) is 0 Å². The number of aliphatic imine (C=N–C) groups is 1. The molecule has 0 radical (unpaired) electrons. The van der Waals surface area contributed by atoms with Crippen LogP contribution >= 0.6 is 17.0 Å². The molecule has 0 aromatic heterocycles. The third-order valence-corrected chi connectivity index (χ3v) is 7.00. The van der Waals surface area contributed by atoms with Gasteiger partial charge in [0.1, 0.15) is 5.75 Å². The molecule has 1 aromatic carbocycles. The summed E-state index contributed by atoms with van der Waals surface area (Å²) in [6, 6.07) is 4.85. The van der Waals surface area contributed by atoms with Crippen molar-refractivity contribution in [1.82, 2.24) is 0 Å². The van der Waals surface area contributed by atoms with Crippen LogP contribution in [0.3, 0.4) is 0 Å². The van der Waals surface area contributed by atoms with Gasteiger partial charge in [0.05, 0.1) is 0 Å². The van der Waals surface area contributed by atoms with E-state index in [0.717, 1.165) is 11.1 Å². The minimum atomic E-state index is -0.826. The minimum absolute atomic E-state index is 0.456. The molecule has 0 heterocycles. The first-order chi connectivity index (χ1) is 15.2. The van der Waals surface area contributed by atoms with E-state index in [-0.39, 0.29) is 0 Å². The van der Waals surface area contributed by atoms with E-state index in [1.807, 2.05) is 6.21 Å². The number of aryl methyl sites for hydroxylation is 1. The molecule has 0 amide bonds. The van der Waals surface area contributed by atoms with Crippen LogP contribution in [-0.2, 0) is 20.8 Å². The molecule has 174 valence electrons. The standard InChI is InChI=1S/C26H41NO.2ClH.Zr/c1-21-18-19-24(22-14-10-7-5-3-2-4-6-8-11-15-22)26(28)25(21)20-27-23-16-12-9-13-17-23;;;/h18-20,22-23,28H,2-17H2,1H3;2*1H;/q;;;+2/p-2. The molecular formula is C26H41Cl2NOZr. The first kappa shape index (κ1) is 27.4. The zero-order valence-electron chi connectivity index (χ0n) is 19.4. The molecule has 0 unspecified atom stereocenters. The predicted molar refractivity (Wildman–Crippen MR) is 133 cm³/mol. The number of hydrogen-bond donors (Lipinski definition) is 1. The van der Waals surface area contributed by atoms with Gasteiger partial charge < -0.3 is 5.11 Å². The second kappa shape index (κ2) is 16.7. The number of nitrogens with zero attached hydrogens (tertiary/aromatic N) is 1. The first-order valence-corrected chi connectivity index (χ1v) is 18.8. The summed E-state index contributed by atoms with van der Waals surface area (Å²) < 4.78 is 0. The van der Waals surface area contributed by atoms with E-state index in [9.17, 15) is 5.11 Å². The molecule has 3 rings (SSSR count). The number of halogens is 2. The summed E-state index contributed by atoms with van der Waals surface area (Å²) in [5.41, 5.74) is 3.29. The number of benzene rings is 1. The Bertz CT molecular complexity index is 635. The number of rotatable bonds is 3. The third kappa shape index (κ3) is 10.3. The Hall–Kier alpha value is 0.153. The van der Waals surface area contributed by atoms with Gasteiger partial charge in [-0.3, -0.25) is 4.99 Å². The van der Waals surface area contributed by atoms with Crippen molar-refractivity contribution in [3.63, 3.8) is 0 Å². The number of hydrogen-bond acceptors (Lipinski definition) is 2. The number of aromatic hydroxyl groups is 1. The summed E-state index contributed by atoms with van der Waals surface area (Å²) in [4.78, 5) is 4.86. The van der Waals surface area contributed by atoms with Gasteiger partial charge in [-0.2, -0.15) is 0 Å². The van der Waals surface area contributed by atoms with E-state index in [1.165, 1.54) is 108 Å². The van der Waals surface area contributed by atoms with E-state index in [0.29, 0.717) is 17.7 Å². The quantitative estimate of drug-likeness (QED) is 0.377. The third-order valence-electron chi connectivity index (χ3n) is 7.00. The summed E-state index contributed by atoms with van der Waals surface area (Å²) >= 11 is -0.826. The van der Waals surface area contributed by atoms with E-state index in [4.69, 9.17) is 22.0 Å². The van der Waals surface area contributed by atoms with Crippen LogP contribution in [0.15, 0.2) is 17.1 Å². The van der Waals surface area contributed by atoms with Crippen molar-refractivity contribution in [2.24, 2.45) is 4.99 Å². The van der Waals surface area contributed by atoms with Gasteiger partial charge >= 0.3 is 37.9 Å². The zero-order chi connectivity index (χ0) is 22.3. The maximum absolute atomic E-state index is 11.1. The second-order valence-corrected chi connectivity index (χ2v) is 13.1. The Morgan fingerprint density at radius 1 is 0.806 bits per heavy atom. The molecule has 2 aliphatic rings. The Morgan fingerprint density at radius 2 is 1.26 bits per heavy atom. The molecule has 0 bridgehead atoms. The van der Waals surface area contributed by atoms with Crippen LogP contribution in [0.25, 0.3) is 0 Å². The van der Waals surface area contributed by atoms with Crippen LogP contribution in [0, 0.1) is 6.92 Å². The van der Waals surface area contributed by atoms with Gasteiger partial charge in [-0.05, 0) is 49.7 Å². The van der Waals surface area contributed by atoms with Gasteiger partial charge in [0.25, 0.3) is 0 Å².